The highest BCUT2D eigenvalue weighted by atomic mass is 32.2. The molecule has 1 amide bonds. The predicted molar refractivity (Wildman–Crippen MR) is 97.1 cm³/mol. The molecule has 1 aromatic carbocycles. The summed E-state index contributed by atoms with van der Waals surface area (Å²) in [6.45, 7) is 2.51. The number of benzene rings is 1. The number of piperidine rings is 1. The molecule has 2 heterocycles. The number of nitrogens with two attached hydrogens (primary N) is 1. The van der Waals surface area contributed by atoms with E-state index >= 15 is 0 Å². The molecule has 136 valence electrons. The zero-order valence-corrected chi connectivity index (χ0v) is 15.4. The van der Waals surface area contributed by atoms with Crippen molar-refractivity contribution in [1.29, 1.82) is 0 Å². The molecular weight excluding hydrogens is 340 g/mol. The largest absolute Gasteiger partial charge is 0.451 e. The van der Waals surface area contributed by atoms with E-state index in [9.17, 15) is 13.2 Å². The van der Waals surface area contributed by atoms with Gasteiger partial charge in [-0.1, -0.05) is 18.2 Å². The number of fused-ring (bicyclic) bond motifs is 1. The number of para-hydroxylation sites is 1. The zero-order chi connectivity index (χ0) is 18.2. The van der Waals surface area contributed by atoms with Crippen molar-refractivity contribution in [3.8, 4) is 0 Å². The number of likely N-dealkylation sites (tertiary alicyclic amines) is 1. The Morgan fingerprint density at radius 2 is 2.08 bits per heavy atom. The van der Waals surface area contributed by atoms with Crippen LogP contribution in [0, 0.1) is 0 Å². The molecule has 25 heavy (non-hydrogen) atoms. The van der Waals surface area contributed by atoms with Crippen molar-refractivity contribution in [2.45, 2.75) is 44.0 Å². The molecule has 1 aliphatic rings. The van der Waals surface area contributed by atoms with Gasteiger partial charge in [-0.15, -0.1) is 0 Å². The molecule has 0 saturated carbocycles. The molecule has 6 nitrogen and oxygen atoms in total. The number of amides is 1. The first-order chi connectivity index (χ1) is 11.8. The minimum atomic E-state index is -3.31. The van der Waals surface area contributed by atoms with Crippen LogP contribution in [0.2, 0.25) is 0 Å². The van der Waals surface area contributed by atoms with Gasteiger partial charge in [-0.3, -0.25) is 4.79 Å². The number of nitrogens with zero attached hydrogens (tertiary/aromatic N) is 1. The molecule has 2 aromatic rings. The van der Waals surface area contributed by atoms with Gasteiger partial charge in [0, 0.05) is 35.8 Å². The number of hydrogen-bond donors (Lipinski definition) is 1. The Labute approximate surface area is 147 Å². The molecule has 2 N–H and O–H groups in total. The first kappa shape index (κ1) is 17.9. The lowest BCUT2D eigenvalue weighted by molar-refractivity contribution is 0.0553. The molecule has 1 aliphatic heterocycles. The summed E-state index contributed by atoms with van der Waals surface area (Å²) in [5.41, 5.74) is 7.04. The third-order valence-corrected chi connectivity index (χ3v) is 5.53. The van der Waals surface area contributed by atoms with Gasteiger partial charge in [-0.25, -0.2) is 8.42 Å². The van der Waals surface area contributed by atoms with E-state index in [4.69, 9.17) is 10.2 Å². The van der Waals surface area contributed by atoms with Gasteiger partial charge in [0.25, 0.3) is 5.91 Å². The summed E-state index contributed by atoms with van der Waals surface area (Å²) < 4.78 is 29.6. The normalized spacial score (nSPS) is 20.0. The van der Waals surface area contributed by atoms with E-state index < -0.39 is 9.84 Å². The topological polar surface area (TPSA) is 93.6 Å². The zero-order valence-electron chi connectivity index (χ0n) is 14.6. The van der Waals surface area contributed by atoms with Crippen LogP contribution < -0.4 is 5.73 Å². The Hall–Kier alpha value is -1.86. The molecule has 0 spiro atoms. The van der Waals surface area contributed by atoms with E-state index in [2.05, 4.69) is 0 Å². The smallest absolute Gasteiger partial charge is 0.290 e. The lowest BCUT2D eigenvalue weighted by Gasteiger charge is -2.37. The SMILES string of the molecule is C[C@@H](N)[C@H]1CCCCN1C(=O)c1oc2ccccc2c1CS(C)(=O)=O. The Kier molecular flexibility index (Phi) is 4.88. The summed E-state index contributed by atoms with van der Waals surface area (Å²) in [6, 6.07) is 6.94. The molecule has 3 rings (SSSR count). The van der Waals surface area contributed by atoms with Gasteiger partial charge in [0.2, 0.25) is 0 Å². The number of carbonyl (C=O) groups is 1. The van der Waals surface area contributed by atoms with Crippen LogP contribution in [0.4, 0.5) is 0 Å². The van der Waals surface area contributed by atoms with Crippen LogP contribution in [-0.2, 0) is 15.6 Å². The van der Waals surface area contributed by atoms with Gasteiger partial charge in [0.05, 0.1) is 5.75 Å². The van der Waals surface area contributed by atoms with Crippen molar-refractivity contribution in [1.82, 2.24) is 4.90 Å². The lowest BCUT2D eigenvalue weighted by atomic mass is 9.96. The summed E-state index contributed by atoms with van der Waals surface area (Å²) in [5, 5.41) is 0.672. The number of carbonyl (C=O) groups excluding carboxylic acids is 1. The van der Waals surface area contributed by atoms with Crippen molar-refractivity contribution < 1.29 is 17.6 Å². The highest BCUT2D eigenvalue weighted by molar-refractivity contribution is 7.89. The van der Waals surface area contributed by atoms with Gasteiger partial charge in [-0.05, 0) is 32.3 Å². The number of rotatable bonds is 4. The van der Waals surface area contributed by atoms with Crippen molar-refractivity contribution in [2.24, 2.45) is 5.73 Å². The standard InChI is InChI=1S/C18H24N2O4S/c1-12(19)15-8-5-6-10-20(15)18(21)17-14(11-25(2,22)23)13-7-3-4-9-16(13)24-17/h3-4,7,9,12,15H,5-6,8,10-11,19H2,1-2H3/t12-,15-/m1/s1. The van der Waals surface area contributed by atoms with E-state index in [0.717, 1.165) is 25.5 Å². The molecule has 0 unspecified atom stereocenters. The van der Waals surface area contributed by atoms with Crippen LogP contribution >= 0.6 is 0 Å². The highest BCUT2D eigenvalue weighted by Crippen LogP contribution is 2.30. The summed E-state index contributed by atoms with van der Waals surface area (Å²) in [6.07, 6.45) is 3.96. The third kappa shape index (κ3) is 3.72. The van der Waals surface area contributed by atoms with Crippen LogP contribution in [0.15, 0.2) is 28.7 Å². The molecule has 1 saturated heterocycles. The van der Waals surface area contributed by atoms with E-state index in [0.29, 0.717) is 23.1 Å². The molecular formula is C18H24N2O4S. The van der Waals surface area contributed by atoms with Crippen LogP contribution in [0.5, 0.6) is 0 Å². The average Bonchev–Trinajstić information content (AvgIpc) is 2.91. The van der Waals surface area contributed by atoms with E-state index in [1.54, 1.807) is 23.1 Å². The maximum absolute atomic E-state index is 13.2. The molecule has 0 bridgehead atoms. The monoisotopic (exact) mass is 364 g/mol. The Morgan fingerprint density at radius 1 is 1.36 bits per heavy atom. The minimum absolute atomic E-state index is 0.0551. The quantitative estimate of drug-likeness (QED) is 0.898. The van der Waals surface area contributed by atoms with E-state index in [1.807, 2.05) is 13.0 Å². The van der Waals surface area contributed by atoms with Crippen LogP contribution in [0.25, 0.3) is 11.0 Å². The van der Waals surface area contributed by atoms with Crippen LogP contribution in [0.1, 0.15) is 42.3 Å². The fourth-order valence-electron chi connectivity index (χ4n) is 3.56. The van der Waals surface area contributed by atoms with Crippen molar-refractivity contribution in [2.75, 3.05) is 12.8 Å². The first-order valence-corrected chi connectivity index (χ1v) is 10.6. The first-order valence-electron chi connectivity index (χ1n) is 8.52. The van der Waals surface area contributed by atoms with E-state index in [-0.39, 0.29) is 29.5 Å². The minimum Gasteiger partial charge on any atom is -0.451 e. The Bertz CT molecular complexity index is 886. The van der Waals surface area contributed by atoms with Crippen LogP contribution in [0.3, 0.4) is 0 Å². The molecule has 0 aliphatic carbocycles. The predicted octanol–water partition coefficient (Wildman–Crippen LogP) is 2.32. The van der Waals surface area contributed by atoms with Gasteiger partial charge in [-0.2, -0.15) is 0 Å². The number of sulfone groups is 1. The van der Waals surface area contributed by atoms with Crippen molar-refractivity contribution >= 4 is 26.7 Å². The summed E-state index contributed by atoms with van der Waals surface area (Å²) >= 11 is 0. The highest BCUT2D eigenvalue weighted by Gasteiger charge is 2.34. The molecule has 1 fully saturated rings. The Balaban J connectivity index is 2.07. The number of furan rings is 1. The second kappa shape index (κ2) is 6.80. The Morgan fingerprint density at radius 3 is 2.76 bits per heavy atom. The lowest BCUT2D eigenvalue weighted by Crippen LogP contribution is -2.51. The van der Waals surface area contributed by atoms with Crippen molar-refractivity contribution in [3.63, 3.8) is 0 Å². The molecule has 7 heteroatoms. The van der Waals surface area contributed by atoms with E-state index in [1.165, 1.54) is 0 Å². The second-order valence-corrected chi connectivity index (χ2v) is 9.04. The average molecular weight is 364 g/mol. The fourth-order valence-corrected chi connectivity index (χ4v) is 4.37. The molecule has 1 aromatic heterocycles. The van der Waals surface area contributed by atoms with Gasteiger partial charge < -0.3 is 15.1 Å². The second-order valence-electron chi connectivity index (χ2n) is 6.90. The fraction of sp³-hybridized carbons (Fsp3) is 0.500. The van der Waals surface area contributed by atoms with Gasteiger partial charge in [0.15, 0.2) is 15.6 Å². The summed E-state index contributed by atoms with van der Waals surface area (Å²) in [7, 11) is -3.31. The molecule has 0 radical (unpaired) electrons. The molecule has 2 atom stereocenters. The van der Waals surface area contributed by atoms with Gasteiger partial charge >= 0.3 is 0 Å². The van der Waals surface area contributed by atoms with Gasteiger partial charge in [0.1, 0.15) is 5.58 Å². The summed E-state index contributed by atoms with van der Waals surface area (Å²) in [5.74, 6) is -0.363. The summed E-state index contributed by atoms with van der Waals surface area (Å²) in [4.78, 5) is 14.9. The van der Waals surface area contributed by atoms with Crippen LogP contribution in [-0.4, -0.2) is 44.1 Å². The maximum Gasteiger partial charge on any atom is 0.290 e. The van der Waals surface area contributed by atoms with Crippen molar-refractivity contribution in [3.05, 3.63) is 35.6 Å². The third-order valence-electron chi connectivity index (χ3n) is 4.72. The maximum atomic E-state index is 13.2. The number of hydrogen-bond acceptors (Lipinski definition) is 5.